The van der Waals surface area contributed by atoms with Gasteiger partial charge in [0, 0.05) is 21.9 Å². The zero-order valence-electron chi connectivity index (χ0n) is 9.06. The van der Waals surface area contributed by atoms with Crippen molar-refractivity contribution in [2.24, 2.45) is 5.10 Å². The van der Waals surface area contributed by atoms with Gasteiger partial charge in [-0.1, -0.05) is 35.9 Å². The summed E-state index contributed by atoms with van der Waals surface area (Å²) < 4.78 is 0. The highest BCUT2D eigenvalue weighted by Crippen LogP contribution is 2.29. The molecule has 1 aliphatic heterocycles. The maximum Gasteiger partial charge on any atom is 0.0838 e. The number of rotatable bonds is 2. The second-order valence-electron chi connectivity index (χ2n) is 3.94. The van der Waals surface area contributed by atoms with Gasteiger partial charge in [-0.05, 0) is 17.5 Å². The van der Waals surface area contributed by atoms with E-state index in [1.165, 1.54) is 4.88 Å². The number of nitrogens with zero attached hydrogens (tertiary/aromatic N) is 1. The Hall–Kier alpha value is -1.32. The van der Waals surface area contributed by atoms with Gasteiger partial charge < -0.3 is 5.43 Å². The van der Waals surface area contributed by atoms with Gasteiger partial charge in [0.1, 0.15) is 0 Å². The Morgan fingerprint density at radius 2 is 2.12 bits per heavy atom. The smallest absolute Gasteiger partial charge is 0.0838 e. The molecular formula is C13H11ClN2S. The Kier molecular flexibility index (Phi) is 2.87. The summed E-state index contributed by atoms with van der Waals surface area (Å²) in [7, 11) is 0. The molecule has 3 rings (SSSR count). The van der Waals surface area contributed by atoms with Crippen molar-refractivity contribution in [1.29, 1.82) is 0 Å². The molecule has 1 aromatic heterocycles. The third-order valence-electron chi connectivity index (χ3n) is 2.82. The number of hydrazone groups is 1. The van der Waals surface area contributed by atoms with Crippen molar-refractivity contribution in [3.05, 3.63) is 57.2 Å². The molecule has 0 fully saturated rings. The maximum atomic E-state index is 6.17. The average Bonchev–Trinajstić information content (AvgIpc) is 3.00. The lowest BCUT2D eigenvalue weighted by atomic mass is 10.0. The Morgan fingerprint density at radius 1 is 1.24 bits per heavy atom. The first kappa shape index (κ1) is 10.8. The molecule has 0 spiro atoms. The monoisotopic (exact) mass is 262 g/mol. The number of nitrogens with one attached hydrogen (secondary N) is 1. The number of benzene rings is 1. The standard InChI is InChI=1S/C13H11ClN2S/c14-10-5-2-1-4-9(10)11-8-12(16-15-11)13-6-3-7-17-13/h1-7,12,16H,8H2. The molecule has 0 bridgehead atoms. The predicted molar refractivity (Wildman–Crippen MR) is 72.8 cm³/mol. The number of halogens is 1. The third-order valence-corrected chi connectivity index (χ3v) is 4.14. The van der Waals surface area contributed by atoms with Crippen molar-refractivity contribution in [3.63, 3.8) is 0 Å². The van der Waals surface area contributed by atoms with Crippen LogP contribution in [0.5, 0.6) is 0 Å². The normalized spacial score (nSPS) is 18.9. The van der Waals surface area contributed by atoms with Crippen LogP contribution in [0.4, 0.5) is 0 Å². The number of thiophene rings is 1. The summed E-state index contributed by atoms with van der Waals surface area (Å²) in [5.41, 5.74) is 5.24. The third kappa shape index (κ3) is 2.08. The molecule has 2 aromatic rings. The molecule has 2 heterocycles. The lowest BCUT2D eigenvalue weighted by molar-refractivity contribution is 0.630. The molecule has 1 atom stereocenters. The molecule has 0 amide bonds. The molecule has 17 heavy (non-hydrogen) atoms. The highest BCUT2D eigenvalue weighted by atomic mass is 35.5. The molecule has 4 heteroatoms. The van der Waals surface area contributed by atoms with Gasteiger partial charge in [0.2, 0.25) is 0 Å². The van der Waals surface area contributed by atoms with Crippen LogP contribution in [-0.4, -0.2) is 5.71 Å². The molecule has 86 valence electrons. The van der Waals surface area contributed by atoms with Gasteiger partial charge in [-0.15, -0.1) is 11.3 Å². The highest BCUT2D eigenvalue weighted by molar-refractivity contribution is 7.10. The largest absolute Gasteiger partial charge is 0.301 e. The van der Waals surface area contributed by atoms with E-state index in [9.17, 15) is 0 Å². The van der Waals surface area contributed by atoms with Crippen molar-refractivity contribution in [2.45, 2.75) is 12.5 Å². The van der Waals surface area contributed by atoms with Gasteiger partial charge in [-0.25, -0.2) is 0 Å². The first-order valence-electron chi connectivity index (χ1n) is 5.45. The molecule has 1 unspecified atom stereocenters. The minimum atomic E-state index is 0.293. The van der Waals surface area contributed by atoms with E-state index in [4.69, 9.17) is 11.6 Å². The van der Waals surface area contributed by atoms with Crippen molar-refractivity contribution >= 4 is 28.6 Å². The summed E-state index contributed by atoms with van der Waals surface area (Å²) in [6.07, 6.45) is 0.893. The van der Waals surface area contributed by atoms with Crippen LogP contribution >= 0.6 is 22.9 Å². The Labute approximate surface area is 109 Å². The van der Waals surface area contributed by atoms with E-state index in [2.05, 4.69) is 28.0 Å². The molecule has 0 radical (unpaired) electrons. The fourth-order valence-corrected chi connectivity index (χ4v) is 2.98. The van der Waals surface area contributed by atoms with E-state index < -0.39 is 0 Å². The summed E-state index contributed by atoms with van der Waals surface area (Å²) in [5.74, 6) is 0. The minimum absolute atomic E-state index is 0.293. The lowest BCUT2D eigenvalue weighted by Gasteiger charge is -2.06. The summed E-state index contributed by atoms with van der Waals surface area (Å²) in [4.78, 5) is 1.32. The zero-order valence-corrected chi connectivity index (χ0v) is 10.6. The quantitative estimate of drug-likeness (QED) is 0.874. The molecule has 1 N–H and O–H groups in total. The highest BCUT2D eigenvalue weighted by Gasteiger charge is 2.22. The van der Waals surface area contributed by atoms with Gasteiger partial charge in [0.05, 0.1) is 11.8 Å². The molecule has 1 aromatic carbocycles. The summed E-state index contributed by atoms with van der Waals surface area (Å²) in [5, 5.41) is 7.24. The maximum absolute atomic E-state index is 6.17. The fourth-order valence-electron chi connectivity index (χ4n) is 1.96. The topological polar surface area (TPSA) is 24.4 Å². The summed E-state index contributed by atoms with van der Waals surface area (Å²) in [6, 6.07) is 12.3. The van der Waals surface area contributed by atoms with Crippen LogP contribution in [0.15, 0.2) is 46.9 Å². The van der Waals surface area contributed by atoms with Gasteiger partial charge in [-0.3, -0.25) is 0 Å². The van der Waals surface area contributed by atoms with E-state index in [-0.39, 0.29) is 0 Å². The minimum Gasteiger partial charge on any atom is -0.301 e. The van der Waals surface area contributed by atoms with Crippen LogP contribution < -0.4 is 5.43 Å². The number of hydrogen-bond donors (Lipinski definition) is 1. The van der Waals surface area contributed by atoms with Crippen LogP contribution in [0.3, 0.4) is 0 Å². The van der Waals surface area contributed by atoms with Gasteiger partial charge >= 0.3 is 0 Å². The summed E-state index contributed by atoms with van der Waals surface area (Å²) in [6.45, 7) is 0. The zero-order chi connectivity index (χ0) is 11.7. The fraction of sp³-hybridized carbons (Fsp3) is 0.154. The molecule has 1 aliphatic rings. The molecule has 0 saturated carbocycles. The van der Waals surface area contributed by atoms with E-state index >= 15 is 0 Å². The van der Waals surface area contributed by atoms with E-state index in [0.29, 0.717) is 6.04 Å². The average molecular weight is 263 g/mol. The second kappa shape index (κ2) is 4.51. The molecular weight excluding hydrogens is 252 g/mol. The van der Waals surface area contributed by atoms with Crippen molar-refractivity contribution in [1.82, 2.24) is 5.43 Å². The first-order chi connectivity index (χ1) is 8.34. The molecule has 0 saturated heterocycles. The van der Waals surface area contributed by atoms with E-state index in [0.717, 1.165) is 22.7 Å². The Morgan fingerprint density at radius 3 is 2.88 bits per heavy atom. The van der Waals surface area contributed by atoms with Crippen molar-refractivity contribution < 1.29 is 0 Å². The Bertz CT molecular complexity index is 548. The van der Waals surface area contributed by atoms with Crippen LogP contribution in [0, 0.1) is 0 Å². The molecule has 0 aliphatic carbocycles. The van der Waals surface area contributed by atoms with Crippen LogP contribution in [-0.2, 0) is 0 Å². The van der Waals surface area contributed by atoms with Gasteiger partial charge in [0.25, 0.3) is 0 Å². The van der Waals surface area contributed by atoms with E-state index in [1.807, 2.05) is 24.3 Å². The second-order valence-corrected chi connectivity index (χ2v) is 5.33. The van der Waals surface area contributed by atoms with E-state index in [1.54, 1.807) is 11.3 Å². The predicted octanol–water partition coefficient (Wildman–Crippen LogP) is 3.84. The first-order valence-corrected chi connectivity index (χ1v) is 6.71. The van der Waals surface area contributed by atoms with Crippen molar-refractivity contribution in [3.8, 4) is 0 Å². The van der Waals surface area contributed by atoms with Crippen LogP contribution in [0.25, 0.3) is 0 Å². The van der Waals surface area contributed by atoms with Gasteiger partial charge in [0.15, 0.2) is 0 Å². The summed E-state index contributed by atoms with van der Waals surface area (Å²) >= 11 is 7.92. The van der Waals surface area contributed by atoms with Crippen LogP contribution in [0.1, 0.15) is 22.9 Å². The SMILES string of the molecule is Clc1ccccc1C1=NNC(c2cccs2)C1. The Balaban J connectivity index is 1.83. The molecule has 2 nitrogen and oxygen atoms in total. The van der Waals surface area contributed by atoms with Crippen LogP contribution in [0.2, 0.25) is 5.02 Å². The van der Waals surface area contributed by atoms with Gasteiger partial charge in [-0.2, -0.15) is 5.10 Å². The number of hydrogen-bond acceptors (Lipinski definition) is 3. The lowest BCUT2D eigenvalue weighted by Crippen LogP contribution is -2.07. The van der Waals surface area contributed by atoms with Crippen molar-refractivity contribution in [2.75, 3.05) is 0 Å².